The van der Waals surface area contributed by atoms with Crippen molar-refractivity contribution in [3.8, 4) is 5.82 Å². The number of aromatic nitrogens is 3. The van der Waals surface area contributed by atoms with Gasteiger partial charge in [0.05, 0.1) is 5.69 Å². The van der Waals surface area contributed by atoms with E-state index in [2.05, 4.69) is 48.9 Å². The van der Waals surface area contributed by atoms with Crippen molar-refractivity contribution in [2.45, 2.75) is 19.8 Å². The SMILES string of the molecule is CCCc1[nH]n(-c2ccc(Br)cn2)c(=O)c1Br. The van der Waals surface area contributed by atoms with Crippen molar-refractivity contribution in [2.24, 2.45) is 0 Å². The van der Waals surface area contributed by atoms with Crippen LogP contribution in [0.4, 0.5) is 0 Å². The Morgan fingerprint density at radius 1 is 1.41 bits per heavy atom. The summed E-state index contributed by atoms with van der Waals surface area (Å²) in [5.74, 6) is 0.584. The van der Waals surface area contributed by atoms with Crippen molar-refractivity contribution in [1.82, 2.24) is 14.8 Å². The van der Waals surface area contributed by atoms with Gasteiger partial charge in [-0.15, -0.1) is 0 Å². The molecule has 2 aromatic heterocycles. The Bertz CT molecular complexity index is 571. The molecule has 17 heavy (non-hydrogen) atoms. The predicted octanol–water partition coefficient (Wildman–Crippen LogP) is 3.04. The molecule has 0 fully saturated rings. The van der Waals surface area contributed by atoms with Gasteiger partial charge in [-0.05, 0) is 50.4 Å². The van der Waals surface area contributed by atoms with Crippen LogP contribution in [-0.2, 0) is 6.42 Å². The van der Waals surface area contributed by atoms with Crippen molar-refractivity contribution in [3.05, 3.63) is 43.3 Å². The first-order valence-corrected chi connectivity index (χ1v) is 6.83. The zero-order chi connectivity index (χ0) is 12.4. The van der Waals surface area contributed by atoms with Gasteiger partial charge in [-0.25, -0.2) is 9.67 Å². The molecule has 0 atom stereocenters. The Morgan fingerprint density at radius 2 is 2.18 bits per heavy atom. The number of halogens is 2. The molecule has 0 amide bonds. The van der Waals surface area contributed by atoms with Crippen LogP contribution >= 0.6 is 31.9 Å². The van der Waals surface area contributed by atoms with E-state index < -0.39 is 0 Å². The van der Waals surface area contributed by atoms with E-state index in [1.807, 2.05) is 6.07 Å². The third kappa shape index (κ3) is 2.52. The highest BCUT2D eigenvalue weighted by Crippen LogP contribution is 2.14. The maximum Gasteiger partial charge on any atom is 0.287 e. The lowest BCUT2D eigenvalue weighted by atomic mass is 10.3. The number of nitrogens with one attached hydrogen (secondary N) is 1. The minimum absolute atomic E-state index is 0.108. The van der Waals surface area contributed by atoms with Crippen LogP contribution in [0, 0.1) is 0 Å². The number of rotatable bonds is 3. The zero-order valence-electron chi connectivity index (χ0n) is 9.20. The van der Waals surface area contributed by atoms with Crippen molar-refractivity contribution >= 4 is 31.9 Å². The summed E-state index contributed by atoms with van der Waals surface area (Å²) >= 11 is 6.62. The highest BCUT2D eigenvalue weighted by Gasteiger charge is 2.12. The molecule has 90 valence electrons. The van der Waals surface area contributed by atoms with Gasteiger partial charge in [0.15, 0.2) is 5.82 Å². The summed E-state index contributed by atoms with van der Waals surface area (Å²) in [4.78, 5) is 16.2. The van der Waals surface area contributed by atoms with Crippen LogP contribution in [0.3, 0.4) is 0 Å². The average molecular weight is 361 g/mol. The molecular weight excluding hydrogens is 350 g/mol. The molecule has 0 aliphatic heterocycles. The molecule has 6 heteroatoms. The molecule has 0 spiro atoms. The molecule has 4 nitrogen and oxygen atoms in total. The number of aryl methyl sites for hydroxylation is 1. The highest BCUT2D eigenvalue weighted by atomic mass is 79.9. The Kier molecular flexibility index (Phi) is 3.83. The first-order chi connectivity index (χ1) is 8.13. The topological polar surface area (TPSA) is 50.7 Å². The number of H-pyrrole nitrogens is 1. The van der Waals surface area contributed by atoms with Gasteiger partial charge in [0.25, 0.3) is 5.56 Å². The third-order valence-electron chi connectivity index (χ3n) is 2.34. The first-order valence-electron chi connectivity index (χ1n) is 5.24. The van der Waals surface area contributed by atoms with E-state index in [-0.39, 0.29) is 5.56 Å². The summed E-state index contributed by atoms with van der Waals surface area (Å²) in [6.45, 7) is 2.07. The molecule has 0 saturated heterocycles. The van der Waals surface area contributed by atoms with Crippen LogP contribution in [0.15, 0.2) is 32.1 Å². The average Bonchev–Trinajstić information content (AvgIpc) is 2.59. The lowest BCUT2D eigenvalue weighted by Crippen LogP contribution is -2.15. The van der Waals surface area contributed by atoms with E-state index in [4.69, 9.17) is 0 Å². The molecule has 0 bridgehead atoms. The smallest absolute Gasteiger partial charge is 0.287 e. The largest absolute Gasteiger partial charge is 0.292 e. The second kappa shape index (κ2) is 5.18. The molecule has 1 N–H and O–H groups in total. The highest BCUT2D eigenvalue weighted by molar-refractivity contribution is 9.10. The molecular formula is C11H11Br2N3O. The fraction of sp³-hybridized carbons (Fsp3) is 0.273. The molecule has 2 aromatic rings. The normalized spacial score (nSPS) is 10.8. The number of hydrogen-bond acceptors (Lipinski definition) is 2. The molecule has 0 saturated carbocycles. The standard InChI is InChI=1S/C11H11Br2N3O/c1-2-3-8-10(13)11(17)16(15-8)9-5-4-7(12)6-14-9/h4-6,15H,2-3H2,1H3. The van der Waals surface area contributed by atoms with E-state index in [0.29, 0.717) is 10.3 Å². The third-order valence-corrected chi connectivity index (χ3v) is 3.63. The summed E-state index contributed by atoms with van der Waals surface area (Å²) in [6, 6.07) is 3.63. The van der Waals surface area contributed by atoms with Crippen LogP contribution < -0.4 is 5.56 Å². The van der Waals surface area contributed by atoms with E-state index in [1.54, 1.807) is 12.3 Å². The van der Waals surface area contributed by atoms with Gasteiger partial charge in [0.2, 0.25) is 0 Å². The van der Waals surface area contributed by atoms with Crippen LogP contribution in [0.5, 0.6) is 0 Å². The van der Waals surface area contributed by atoms with Crippen LogP contribution in [0.1, 0.15) is 19.0 Å². The van der Waals surface area contributed by atoms with Gasteiger partial charge in [-0.1, -0.05) is 13.3 Å². The fourth-order valence-electron chi connectivity index (χ4n) is 1.54. The van der Waals surface area contributed by atoms with Gasteiger partial charge in [-0.2, -0.15) is 0 Å². The second-order valence-corrected chi connectivity index (χ2v) is 5.34. The summed E-state index contributed by atoms with van der Waals surface area (Å²) in [7, 11) is 0. The molecule has 2 rings (SSSR count). The maximum atomic E-state index is 12.0. The summed E-state index contributed by atoms with van der Waals surface area (Å²) in [5.41, 5.74) is 0.797. The first kappa shape index (κ1) is 12.6. The van der Waals surface area contributed by atoms with Gasteiger partial charge >= 0.3 is 0 Å². The van der Waals surface area contributed by atoms with Gasteiger partial charge in [-0.3, -0.25) is 9.89 Å². The summed E-state index contributed by atoms with van der Waals surface area (Å²) in [5, 5.41) is 3.07. The zero-order valence-corrected chi connectivity index (χ0v) is 12.4. The minimum atomic E-state index is -0.108. The van der Waals surface area contributed by atoms with Crippen molar-refractivity contribution in [1.29, 1.82) is 0 Å². The van der Waals surface area contributed by atoms with E-state index in [0.717, 1.165) is 23.0 Å². The lowest BCUT2D eigenvalue weighted by molar-refractivity contribution is 0.775. The van der Waals surface area contributed by atoms with Crippen LogP contribution in [-0.4, -0.2) is 14.8 Å². The van der Waals surface area contributed by atoms with E-state index in [9.17, 15) is 4.79 Å². The van der Waals surface area contributed by atoms with Crippen molar-refractivity contribution in [2.75, 3.05) is 0 Å². The molecule has 0 unspecified atom stereocenters. The maximum absolute atomic E-state index is 12.0. The summed E-state index contributed by atoms with van der Waals surface area (Å²) < 4.78 is 2.92. The predicted molar refractivity (Wildman–Crippen MR) is 73.6 cm³/mol. The number of pyridine rings is 1. The quantitative estimate of drug-likeness (QED) is 0.914. The molecule has 0 radical (unpaired) electrons. The number of nitrogens with zero attached hydrogens (tertiary/aromatic N) is 2. The number of aromatic amines is 1. The fourth-order valence-corrected chi connectivity index (χ4v) is 2.24. The Labute approximate surface area is 115 Å². The molecule has 0 aromatic carbocycles. The van der Waals surface area contributed by atoms with Gasteiger partial charge < -0.3 is 0 Å². The number of hydrogen-bond donors (Lipinski definition) is 1. The van der Waals surface area contributed by atoms with Gasteiger partial charge in [0.1, 0.15) is 4.47 Å². The van der Waals surface area contributed by atoms with Crippen molar-refractivity contribution < 1.29 is 0 Å². The van der Waals surface area contributed by atoms with E-state index in [1.165, 1.54) is 4.68 Å². The lowest BCUT2D eigenvalue weighted by Gasteiger charge is -2.00. The van der Waals surface area contributed by atoms with Crippen LogP contribution in [0.25, 0.3) is 5.82 Å². The molecule has 2 heterocycles. The Morgan fingerprint density at radius 3 is 2.76 bits per heavy atom. The second-order valence-electron chi connectivity index (χ2n) is 3.63. The Balaban J connectivity index is 2.49. The molecule has 0 aliphatic carbocycles. The monoisotopic (exact) mass is 359 g/mol. The van der Waals surface area contributed by atoms with Crippen molar-refractivity contribution in [3.63, 3.8) is 0 Å². The molecule has 0 aliphatic rings. The van der Waals surface area contributed by atoms with Crippen LogP contribution in [0.2, 0.25) is 0 Å². The van der Waals surface area contributed by atoms with Gasteiger partial charge in [0, 0.05) is 10.7 Å². The van der Waals surface area contributed by atoms with E-state index >= 15 is 0 Å². The summed E-state index contributed by atoms with van der Waals surface area (Å²) in [6.07, 6.45) is 3.47. The Hall–Kier alpha value is -0.880. The minimum Gasteiger partial charge on any atom is -0.292 e.